The van der Waals surface area contributed by atoms with Gasteiger partial charge in [-0.3, -0.25) is 9.36 Å². The molecule has 0 unspecified atom stereocenters. The van der Waals surface area contributed by atoms with Crippen LogP contribution in [-0.2, 0) is 9.53 Å². The van der Waals surface area contributed by atoms with E-state index in [1.807, 2.05) is 19.1 Å². The van der Waals surface area contributed by atoms with E-state index in [0.29, 0.717) is 60.4 Å². The van der Waals surface area contributed by atoms with Gasteiger partial charge in [-0.05, 0) is 55.3 Å². The third-order valence-corrected chi connectivity index (χ3v) is 7.89. The van der Waals surface area contributed by atoms with Crippen molar-refractivity contribution >= 4 is 50.9 Å². The molecule has 1 aliphatic heterocycles. The van der Waals surface area contributed by atoms with Crippen LogP contribution in [0.1, 0.15) is 43.9 Å². The number of nitrogens with zero attached hydrogens (tertiary/aromatic N) is 2. The van der Waals surface area contributed by atoms with Gasteiger partial charge in [0.25, 0.3) is 5.56 Å². The summed E-state index contributed by atoms with van der Waals surface area (Å²) >= 11 is 11.2. The molecule has 3 aromatic rings. The van der Waals surface area contributed by atoms with Crippen LogP contribution in [0.5, 0.6) is 17.2 Å². The molecule has 0 N–H and O–H groups in total. The molecule has 39 heavy (non-hydrogen) atoms. The number of ether oxygens (including phenoxy) is 4. The van der Waals surface area contributed by atoms with Crippen molar-refractivity contribution in [1.82, 2.24) is 4.57 Å². The zero-order valence-corrected chi connectivity index (χ0v) is 25.3. The van der Waals surface area contributed by atoms with Gasteiger partial charge in [0.15, 0.2) is 16.3 Å². The van der Waals surface area contributed by atoms with Gasteiger partial charge in [-0.15, -0.1) is 0 Å². The summed E-state index contributed by atoms with van der Waals surface area (Å²) < 4.78 is 24.6. The molecule has 0 aliphatic carbocycles. The van der Waals surface area contributed by atoms with Crippen molar-refractivity contribution < 1.29 is 23.7 Å². The first-order valence-corrected chi connectivity index (χ1v) is 14.2. The van der Waals surface area contributed by atoms with Crippen molar-refractivity contribution in [2.75, 3.05) is 27.9 Å². The second-order valence-corrected chi connectivity index (χ2v) is 10.9. The quantitative estimate of drug-likeness (QED) is 0.307. The first-order chi connectivity index (χ1) is 18.8. The van der Waals surface area contributed by atoms with E-state index in [2.05, 4.69) is 15.9 Å². The molecule has 2 aromatic carbocycles. The zero-order valence-electron chi connectivity index (χ0n) is 22.2. The third-order valence-electron chi connectivity index (χ3n) is 6.13. The summed E-state index contributed by atoms with van der Waals surface area (Å²) in [7, 11) is 4.58. The number of hydrogen-bond acceptors (Lipinski definition) is 8. The summed E-state index contributed by atoms with van der Waals surface area (Å²) in [6, 6.07) is 8.12. The molecular weight excluding hydrogens is 608 g/mol. The molecule has 11 heteroatoms. The smallest absolute Gasteiger partial charge is 0.338 e. The number of hydrogen-bond donors (Lipinski definition) is 0. The van der Waals surface area contributed by atoms with Crippen LogP contribution in [0.2, 0.25) is 5.02 Å². The fourth-order valence-corrected chi connectivity index (χ4v) is 6.20. The largest absolute Gasteiger partial charge is 0.496 e. The molecular formula is C28H28BrClN2O6S. The fraction of sp³-hybridized carbons (Fsp3) is 0.321. The Bertz CT molecular complexity index is 1630. The SMILES string of the molecule is CCCC1=C(C(=O)OCC)[C@@H](c2cc(Br)ccc2OC)n2c(s/c(=C/c3cc(Cl)c(OC)c(OC)c3)c2=O)=N1. The Hall–Kier alpha value is -3.08. The Labute approximate surface area is 243 Å². The van der Waals surface area contributed by atoms with E-state index in [4.69, 9.17) is 35.5 Å². The minimum absolute atomic E-state index is 0.189. The van der Waals surface area contributed by atoms with Crippen LogP contribution in [0.3, 0.4) is 0 Å². The van der Waals surface area contributed by atoms with E-state index in [1.165, 1.54) is 30.1 Å². The third kappa shape index (κ3) is 5.64. The lowest BCUT2D eigenvalue weighted by atomic mass is 9.93. The normalized spacial score (nSPS) is 15.1. The molecule has 0 spiro atoms. The molecule has 0 fully saturated rings. The molecule has 1 aliphatic rings. The van der Waals surface area contributed by atoms with E-state index in [1.54, 1.807) is 38.3 Å². The molecule has 0 radical (unpaired) electrons. The molecule has 0 bridgehead atoms. The minimum Gasteiger partial charge on any atom is -0.496 e. The van der Waals surface area contributed by atoms with Gasteiger partial charge in [0.1, 0.15) is 11.8 Å². The van der Waals surface area contributed by atoms with E-state index in [0.717, 1.165) is 10.9 Å². The fourth-order valence-electron chi connectivity index (χ4n) is 4.51. The highest BCUT2D eigenvalue weighted by Gasteiger charge is 2.36. The molecule has 0 saturated carbocycles. The maximum Gasteiger partial charge on any atom is 0.338 e. The highest BCUT2D eigenvalue weighted by molar-refractivity contribution is 9.10. The average Bonchev–Trinajstić information content (AvgIpc) is 3.22. The van der Waals surface area contributed by atoms with E-state index in [-0.39, 0.29) is 12.2 Å². The van der Waals surface area contributed by atoms with Gasteiger partial charge in [-0.25, -0.2) is 9.79 Å². The predicted octanol–water partition coefficient (Wildman–Crippen LogP) is 5.02. The van der Waals surface area contributed by atoms with Crippen LogP contribution < -0.4 is 29.1 Å². The number of allylic oxidation sites excluding steroid dienone is 1. The van der Waals surface area contributed by atoms with Crippen LogP contribution in [-0.4, -0.2) is 38.5 Å². The van der Waals surface area contributed by atoms with Gasteiger partial charge in [0, 0.05) is 10.0 Å². The van der Waals surface area contributed by atoms with Crippen LogP contribution in [0.15, 0.2) is 55.9 Å². The average molecular weight is 636 g/mol. The van der Waals surface area contributed by atoms with Crippen LogP contribution in [0, 0.1) is 0 Å². The molecule has 4 rings (SSSR count). The van der Waals surface area contributed by atoms with Gasteiger partial charge in [0.2, 0.25) is 0 Å². The molecule has 1 aromatic heterocycles. The standard InChI is InChI=1S/C28H28BrClN2O6S/c1-6-8-19-23(27(34)38-7-2)24(17-14-16(29)9-10-20(17)35-3)32-26(33)22(39-28(32)31-19)13-15-11-18(30)25(37-5)21(12-15)36-4/h9-14,24H,6-8H2,1-5H3/b22-13+/t24-/m1/s1. The molecule has 0 saturated heterocycles. The van der Waals surface area contributed by atoms with Gasteiger partial charge >= 0.3 is 5.97 Å². The van der Waals surface area contributed by atoms with Crippen molar-refractivity contribution in [3.05, 3.63) is 81.9 Å². The van der Waals surface area contributed by atoms with Crippen molar-refractivity contribution in [2.24, 2.45) is 4.99 Å². The predicted molar refractivity (Wildman–Crippen MR) is 155 cm³/mol. The van der Waals surface area contributed by atoms with Gasteiger partial charge in [-0.2, -0.15) is 0 Å². The number of thiazole rings is 1. The molecule has 0 amide bonds. The van der Waals surface area contributed by atoms with E-state index < -0.39 is 12.0 Å². The monoisotopic (exact) mass is 634 g/mol. The molecule has 206 valence electrons. The van der Waals surface area contributed by atoms with Crippen LogP contribution >= 0.6 is 38.9 Å². The lowest BCUT2D eigenvalue weighted by Gasteiger charge is -2.27. The Morgan fingerprint density at radius 2 is 1.87 bits per heavy atom. The van der Waals surface area contributed by atoms with Gasteiger partial charge in [0.05, 0.1) is 48.8 Å². The number of aromatic nitrogens is 1. The maximum absolute atomic E-state index is 14.0. The number of benzene rings is 2. The zero-order chi connectivity index (χ0) is 28.3. The van der Waals surface area contributed by atoms with Gasteiger partial charge < -0.3 is 18.9 Å². The van der Waals surface area contributed by atoms with Crippen molar-refractivity contribution in [2.45, 2.75) is 32.7 Å². The second kappa shape index (κ2) is 12.4. The Kier molecular flexibility index (Phi) is 9.19. The number of methoxy groups -OCH3 is 3. The maximum atomic E-state index is 14.0. The summed E-state index contributed by atoms with van der Waals surface area (Å²) in [4.78, 5) is 32.7. The highest BCUT2D eigenvalue weighted by Crippen LogP contribution is 2.39. The Morgan fingerprint density at radius 3 is 2.51 bits per heavy atom. The second-order valence-electron chi connectivity index (χ2n) is 8.54. The van der Waals surface area contributed by atoms with Crippen LogP contribution in [0.25, 0.3) is 6.08 Å². The highest BCUT2D eigenvalue weighted by atomic mass is 79.9. The topological polar surface area (TPSA) is 88.4 Å². The van der Waals surface area contributed by atoms with E-state index >= 15 is 0 Å². The Morgan fingerprint density at radius 1 is 1.13 bits per heavy atom. The van der Waals surface area contributed by atoms with Crippen molar-refractivity contribution in [3.63, 3.8) is 0 Å². The summed E-state index contributed by atoms with van der Waals surface area (Å²) in [5.41, 5.74) is 1.89. The number of rotatable bonds is 9. The summed E-state index contributed by atoms with van der Waals surface area (Å²) in [6.07, 6.45) is 3.01. The van der Waals surface area contributed by atoms with Crippen molar-refractivity contribution in [3.8, 4) is 17.2 Å². The Balaban J connectivity index is 2.04. The lowest BCUT2D eigenvalue weighted by Crippen LogP contribution is -2.40. The summed E-state index contributed by atoms with van der Waals surface area (Å²) in [5.74, 6) is 0.861. The number of carbonyl (C=O) groups is 1. The number of carbonyl (C=O) groups excluding carboxylic acids is 1. The first kappa shape index (κ1) is 28.9. The molecule has 8 nitrogen and oxygen atoms in total. The minimum atomic E-state index is -0.801. The number of fused-ring (bicyclic) bond motifs is 1. The van der Waals surface area contributed by atoms with Gasteiger partial charge in [-0.1, -0.05) is 52.2 Å². The first-order valence-electron chi connectivity index (χ1n) is 12.2. The van der Waals surface area contributed by atoms with Crippen molar-refractivity contribution in [1.29, 1.82) is 0 Å². The molecule has 1 atom stereocenters. The van der Waals surface area contributed by atoms with Crippen LogP contribution in [0.4, 0.5) is 0 Å². The van der Waals surface area contributed by atoms with E-state index in [9.17, 15) is 9.59 Å². The molecule has 2 heterocycles. The number of halogens is 2. The lowest BCUT2D eigenvalue weighted by molar-refractivity contribution is -0.139. The number of esters is 1. The summed E-state index contributed by atoms with van der Waals surface area (Å²) in [5, 5.41) is 0.349. The summed E-state index contributed by atoms with van der Waals surface area (Å²) in [6.45, 7) is 3.95.